The average molecular weight is 326 g/mol. The number of ether oxygens (including phenoxy) is 2. The summed E-state index contributed by atoms with van der Waals surface area (Å²) in [4.78, 5) is 26.2. The third-order valence-corrected chi connectivity index (χ3v) is 3.89. The Morgan fingerprint density at radius 1 is 1.04 bits per heavy atom. The first-order valence-electron chi connectivity index (χ1n) is 7.54. The van der Waals surface area contributed by atoms with Crippen molar-refractivity contribution >= 4 is 23.2 Å². The first-order valence-corrected chi connectivity index (χ1v) is 7.54. The Hall–Kier alpha value is -3.02. The van der Waals surface area contributed by atoms with Crippen molar-refractivity contribution in [2.24, 2.45) is 0 Å². The summed E-state index contributed by atoms with van der Waals surface area (Å²) in [7, 11) is 3.10. The maximum absolute atomic E-state index is 12.7. The number of anilines is 2. The molecule has 1 atom stereocenters. The van der Waals surface area contributed by atoms with Crippen LogP contribution < -0.4 is 19.7 Å². The van der Waals surface area contributed by atoms with E-state index in [9.17, 15) is 9.59 Å². The molecule has 24 heavy (non-hydrogen) atoms. The molecule has 0 aromatic heterocycles. The first-order chi connectivity index (χ1) is 11.6. The van der Waals surface area contributed by atoms with E-state index in [0.29, 0.717) is 22.9 Å². The summed E-state index contributed by atoms with van der Waals surface area (Å²) >= 11 is 0. The molecule has 0 bridgehead atoms. The second-order valence-electron chi connectivity index (χ2n) is 5.37. The summed E-state index contributed by atoms with van der Waals surface area (Å²) < 4.78 is 10.4. The summed E-state index contributed by atoms with van der Waals surface area (Å²) in [5, 5.41) is 3.10. The van der Waals surface area contributed by atoms with Crippen LogP contribution in [0.1, 0.15) is 6.42 Å². The fourth-order valence-electron chi connectivity index (χ4n) is 2.72. The third kappa shape index (κ3) is 2.90. The fraction of sp³-hybridized carbons (Fsp3) is 0.222. The van der Waals surface area contributed by atoms with Crippen LogP contribution >= 0.6 is 0 Å². The smallest absolute Gasteiger partial charge is 0.256 e. The molecular formula is C18H18N2O4. The molecule has 0 aliphatic carbocycles. The molecule has 6 heteroatoms. The largest absolute Gasteiger partial charge is 0.497 e. The molecule has 0 unspecified atom stereocenters. The number of methoxy groups -OCH3 is 2. The molecule has 0 saturated carbocycles. The highest BCUT2D eigenvalue weighted by molar-refractivity contribution is 6.23. The number of carbonyl (C=O) groups excluding carboxylic acids is 2. The zero-order chi connectivity index (χ0) is 17.1. The van der Waals surface area contributed by atoms with E-state index < -0.39 is 6.04 Å². The second kappa shape index (κ2) is 6.62. The number of carbonyl (C=O) groups is 2. The Labute approximate surface area is 140 Å². The molecule has 2 aromatic rings. The Balaban J connectivity index is 1.83. The van der Waals surface area contributed by atoms with E-state index in [1.165, 1.54) is 4.90 Å². The van der Waals surface area contributed by atoms with Crippen LogP contribution in [-0.2, 0) is 9.59 Å². The van der Waals surface area contributed by atoms with Crippen LogP contribution in [0.4, 0.5) is 11.4 Å². The van der Waals surface area contributed by atoms with Crippen LogP contribution in [-0.4, -0.2) is 32.1 Å². The molecule has 0 spiro atoms. The van der Waals surface area contributed by atoms with Crippen molar-refractivity contribution in [3.63, 3.8) is 0 Å². The van der Waals surface area contributed by atoms with Gasteiger partial charge in [-0.3, -0.25) is 9.59 Å². The van der Waals surface area contributed by atoms with Crippen molar-refractivity contribution in [3.8, 4) is 11.5 Å². The van der Waals surface area contributed by atoms with Crippen LogP contribution in [0, 0.1) is 0 Å². The summed E-state index contributed by atoms with van der Waals surface area (Å²) in [6, 6.07) is 13.5. The Kier molecular flexibility index (Phi) is 4.37. The van der Waals surface area contributed by atoms with Crippen LogP contribution in [0.25, 0.3) is 0 Å². The van der Waals surface area contributed by atoms with E-state index in [0.717, 1.165) is 0 Å². The fourth-order valence-corrected chi connectivity index (χ4v) is 2.72. The van der Waals surface area contributed by atoms with Gasteiger partial charge < -0.3 is 14.8 Å². The second-order valence-corrected chi connectivity index (χ2v) is 5.37. The molecule has 2 amide bonds. The minimum absolute atomic E-state index is 0.0914. The zero-order valence-electron chi connectivity index (χ0n) is 13.5. The Morgan fingerprint density at radius 2 is 1.83 bits per heavy atom. The lowest BCUT2D eigenvalue weighted by Crippen LogP contribution is -2.34. The van der Waals surface area contributed by atoms with Gasteiger partial charge in [0, 0.05) is 6.07 Å². The summed E-state index contributed by atoms with van der Waals surface area (Å²) in [5.41, 5.74) is 1.19. The van der Waals surface area contributed by atoms with E-state index in [1.807, 2.05) is 18.2 Å². The van der Waals surface area contributed by atoms with Gasteiger partial charge in [-0.25, -0.2) is 4.90 Å². The van der Waals surface area contributed by atoms with Gasteiger partial charge in [-0.2, -0.15) is 0 Å². The van der Waals surface area contributed by atoms with Crippen molar-refractivity contribution in [1.29, 1.82) is 0 Å². The van der Waals surface area contributed by atoms with Gasteiger partial charge in [0.2, 0.25) is 5.91 Å². The van der Waals surface area contributed by atoms with Gasteiger partial charge in [0.15, 0.2) is 0 Å². The SMILES string of the molecule is COc1cccc(N2C(=O)C[C@@H](Nc3ccccc3OC)C2=O)c1. The number of benzene rings is 2. The highest BCUT2D eigenvalue weighted by Crippen LogP contribution is 2.30. The molecule has 124 valence electrons. The van der Waals surface area contributed by atoms with Gasteiger partial charge in [0.25, 0.3) is 5.91 Å². The van der Waals surface area contributed by atoms with Gasteiger partial charge >= 0.3 is 0 Å². The lowest BCUT2D eigenvalue weighted by atomic mass is 10.2. The van der Waals surface area contributed by atoms with Crippen molar-refractivity contribution in [2.45, 2.75) is 12.5 Å². The maximum atomic E-state index is 12.7. The van der Waals surface area contributed by atoms with E-state index in [1.54, 1.807) is 44.6 Å². The van der Waals surface area contributed by atoms with Crippen LogP contribution in [0.15, 0.2) is 48.5 Å². The predicted octanol–water partition coefficient (Wildman–Crippen LogP) is 2.45. The number of amides is 2. The average Bonchev–Trinajstić information content (AvgIpc) is 2.89. The summed E-state index contributed by atoms with van der Waals surface area (Å²) in [6.45, 7) is 0. The highest BCUT2D eigenvalue weighted by atomic mass is 16.5. The van der Waals surface area contributed by atoms with Crippen LogP contribution in [0.2, 0.25) is 0 Å². The third-order valence-electron chi connectivity index (χ3n) is 3.89. The molecule has 1 N–H and O–H groups in total. The lowest BCUT2D eigenvalue weighted by molar-refractivity contribution is -0.121. The Bertz CT molecular complexity index is 775. The molecule has 1 heterocycles. The molecule has 0 radical (unpaired) electrons. The van der Waals surface area contributed by atoms with Gasteiger partial charge in [-0.1, -0.05) is 18.2 Å². The number of hydrogen-bond donors (Lipinski definition) is 1. The first kappa shape index (κ1) is 15.9. The zero-order valence-corrected chi connectivity index (χ0v) is 13.5. The number of nitrogens with one attached hydrogen (secondary N) is 1. The van der Waals surface area contributed by atoms with E-state index in [4.69, 9.17) is 9.47 Å². The monoisotopic (exact) mass is 326 g/mol. The number of imide groups is 1. The summed E-state index contributed by atoms with van der Waals surface area (Å²) in [5.74, 6) is 0.673. The lowest BCUT2D eigenvalue weighted by Gasteiger charge is -2.17. The predicted molar refractivity (Wildman–Crippen MR) is 90.5 cm³/mol. The Morgan fingerprint density at radius 3 is 2.58 bits per heavy atom. The molecular weight excluding hydrogens is 308 g/mol. The topological polar surface area (TPSA) is 67.9 Å². The van der Waals surface area contributed by atoms with Gasteiger partial charge in [0.1, 0.15) is 17.5 Å². The van der Waals surface area contributed by atoms with E-state index in [-0.39, 0.29) is 18.2 Å². The normalized spacial score (nSPS) is 17.1. The standard InChI is InChI=1S/C18H18N2O4/c1-23-13-7-5-6-12(10-13)20-17(21)11-15(18(20)22)19-14-8-3-4-9-16(14)24-2/h3-10,15,19H,11H2,1-2H3/t15-/m1/s1. The molecule has 1 aliphatic rings. The molecule has 2 aromatic carbocycles. The number of para-hydroxylation sites is 2. The van der Waals surface area contributed by atoms with Crippen molar-refractivity contribution < 1.29 is 19.1 Å². The minimum atomic E-state index is -0.625. The van der Waals surface area contributed by atoms with Crippen LogP contribution in [0.5, 0.6) is 11.5 Å². The quantitative estimate of drug-likeness (QED) is 0.855. The molecule has 1 aliphatic heterocycles. The number of nitrogens with zero attached hydrogens (tertiary/aromatic N) is 1. The number of hydrogen-bond acceptors (Lipinski definition) is 5. The van der Waals surface area contributed by atoms with Crippen molar-refractivity contribution in [3.05, 3.63) is 48.5 Å². The number of rotatable bonds is 5. The van der Waals surface area contributed by atoms with Crippen LogP contribution in [0.3, 0.4) is 0 Å². The molecule has 1 fully saturated rings. The van der Waals surface area contributed by atoms with Gasteiger partial charge in [0.05, 0.1) is 32.0 Å². The minimum Gasteiger partial charge on any atom is -0.497 e. The van der Waals surface area contributed by atoms with E-state index >= 15 is 0 Å². The van der Waals surface area contributed by atoms with Crippen molar-refractivity contribution in [1.82, 2.24) is 0 Å². The van der Waals surface area contributed by atoms with E-state index in [2.05, 4.69) is 5.32 Å². The summed E-state index contributed by atoms with van der Waals surface area (Å²) in [6.07, 6.45) is 0.0914. The highest BCUT2D eigenvalue weighted by Gasteiger charge is 2.40. The molecule has 6 nitrogen and oxygen atoms in total. The van der Waals surface area contributed by atoms with Gasteiger partial charge in [-0.05, 0) is 24.3 Å². The molecule has 1 saturated heterocycles. The van der Waals surface area contributed by atoms with Crippen molar-refractivity contribution in [2.75, 3.05) is 24.4 Å². The molecule has 3 rings (SSSR count). The van der Waals surface area contributed by atoms with Gasteiger partial charge in [-0.15, -0.1) is 0 Å². The maximum Gasteiger partial charge on any atom is 0.256 e.